The Labute approximate surface area is 97.4 Å². The Hall–Kier alpha value is -0.980. The van der Waals surface area contributed by atoms with Crippen LogP contribution in [0.25, 0.3) is 0 Å². The molecule has 2 N–H and O–H groups in total. The highest BCUT2D eigenvalue weighted by Gasteiger charge is 2.36. The average molecular weight is 242 g/mol. The third-order valence-corrected chi connectivity index (χ3v) is 3.62. The fourth-order valence-electron chi connectivity index (χ4n) is 1.96. The minimum atomic E-state index is -0.871. The second-order valence-corrected chi connectivity index (χ2v) is 5.00. The summed E-state index contributed by atoms with van der Waals surface area (Å²) < 4.78 is 0. The molecule has 1 saturated heterocycles. The van der Waals surface area contributed by atoms with Crippen molar-refractivity contribution in [3.63, 3.8) is 0 Å². The summed E-state index contributed by atoms with van der Waals surface area (Å²) in [5.74, 6) is -0.871. The van der Waals surface area contributed by atoms with Gasteiger partial charge in [-0.2, -0.15) is 0 Å². The first-order valence-corrected chi connectivity index (χ1v) is 6.00. The van der Waals surface area contributed by atoms with E-state index in [-0.39, 0.29) is 0 Å². The number of rotatable bonds is 3. The van der Waals surface area contributed by atoms with Gasteiger partial charge in [-0.25, -0.2) is 4.98 Å². The van der Waals surface area contributed by atoms with E-state index in [2.05, 4.69) is 4.98 Å². The molecule has 1 fully saturated rings. The van der Waals surface area contributed by atoms with Crippen molar-refractivity contribution in [3.05, 3.63) is 16.1 Å². The molecule has 1 aromatic heterocycles. The standard InChI is InChI=1S/C10H14N2O3S/c1-6-5-16-9(11-6)4-12-3-7(13)2-8(12)10(14)15/h5,7-8,13H,2-4H2,1H3,(H,14,15). The molecule has 2 atom stereocenters. The SMILES string of the molecule is Cc1csc(CN2CC(O)CC2C(=O)O)n1. The van der Waals surface area contributed by atoms with Crippen LogP contribution in [0.2, 0.25) is 0 Å². The van der Waals surface area contributed by atoms with Crippen molar-refractivity contribution in [3.8, 4) is 0 Å². The van der Waals surface area contributed by atoms with Crippen molar-refractivity contribution < 1.29 is 15.0 Å². The Morgan fingerprint density at radius 3 is 3.06 bits per heavy atom. The monoisotopic (exact) mass is 242 g/mol. The number of carboxylic acid groups (broad SMARTS) is 1. The van der Waals surface area contributed by atoms with Gasteiger partial charge in [-0.1, -0.05) is 0 Å². The quantitative estimate of drug-likeness (QED) is 0.806. The van der Waals surface area contributed by atoms with Gasteiger partial charge in [0.1, 0.15) is 11.0 Å². The van der Waals surface area contributed by atoms with E-state index in [1.54, 1.807) is 4.90 Å². The minimum absolute atomic E-state index is 0.305. The summed E-state index contributed by atoms with van der Waals surface area (Å²) in [6.07, 6.45) is -0.234. The molecule has 2 unspecified atom stereocenters. The van der Waals surface area contributed by atoms with Crippen molar-refractivity contribution in [1.82, 2.24) is 9.88 Å². The fourth-order valence-corrected chi connectivity index (χ4v) is 2.76. The molecule has 0 saturated carbocycles. The largest absolute Gasteiger partial charge is 0.480 e. The van der Waals surface area contributed by atoms with E-state index in [9.17, 15) is 9.90 Å². The summed E-state index contributed by atoms with van der Waals surface area (Å²) in [6.45, 7) is 2.83. The van der Waals surface area contributed by atoms with E-state index in [1.165, 1.54) is 11.3 Å². The lowest BCUT2D eigenvalue weighted by molar-refractivity contribution is -0.142. The van der Waals surface area contributed by atoms with E-state index >= 15 is 0 Å². The number of aliphatic hydroxyl groups excluding tert-OH is 1. The van der Waals surface area contributed by atoms with Crippen molar-refractivity contribution in [2.24, 2.45) is 0 Å². The van der Waals surface area contributed by atoms with Crippen LogP contribution in [0, 0.1) is 6.92 Å². The topological polar surface area (TPSA) is 73.7 Å². The van der Waals surface area contributed by atoms with Crippen LogP contribution in [0.15, 0.2) is 5.38 Å². The first-order chi connectivity index (χ1) is 7.56. The number of aliphatic carboxylic acids is 1. The molecular formula is C10H14N2O3S. The molecule has 0 radical (unpaired) electrons. The van der Waals surface area contributed by atoms with E-state index in [0.717, 1.165) is 10.7 Å². The van der Waals surface area contributed by atoms with Crippen LogP contribution in [-0.4, -0.2) is 44.8 Å². The zero-order valence-electron chi connectivity index (χ0n) is 8.96. The van der Waals surface area contributed by atoms with Crippen molar-refractivity contribution in [2.75, 3.05) is 6.54 Å². The van der Waals surface area contributed by atoms with Gasteiger partial charge in [-0.05, 0) is 6.92 Å². The lowest BCUT2D eigenvalue weighted by Crippen LogP contribution is -2.35. The van der Waals surface area contributed by atoms with Gasteiger partial charge in [0, 0.05) is 24.0 Å². The fraction of sp³-hybridized carbons (Fsp3) is 0.600. The molecule has 0 bridgehead atoms. The first kappa shape index (κ1) is 11.5. The maximum atomic E-state index is 11.0. The number of aryl methyl sites for hydroxylation is 1. The van der Waals surface area contributed by atoms with Crippen LogP contribution >= 0.6 is 11.3 Å². The van der Waals surface area contributed by atoms with Gasteiger partial charge in [-0.3, -0.25) is 9.69 Å². The molecular weight excluding hydrogens is 228 g/mol. The van der Waals surface area contributed by atoms with E-state index in [1.807, 2.05) is 12.3 Å². The minimum Gasteiger partial charge on any atom is -0.480 e. The summed E-state index contributed by atoms with van der Waals surface area (Å²) in [7, 11) is 0. The number of nitrogens with zero attached hydrogens (tertiary/aromatic N) is 2. The summed E-state index contributed by atoms with van der Waals surface area (Å²) in [5, 5.41) is 21.3. The number of aromatic nitrogens is 1. The van der Waals surface area contributed by atoms with Crippen molar-refractivity contribution in [2.45, 2.75) is 32.0 Å². The number of carboxylic acids is 1. The number of carbonyl (C=O) groups is 1. The molecule has 5 nitrogen and oxygen atoms in total. The zero-order valence-corrected chi connectivity index (χ0v) is 9.78. The number of β-amino-alcohol motifs (C(OH)–C–C–N with tert-alkyl or cyclic N) is 1. The maximum absolute atomic E-state index is 11.0. The Bertz CT molecular complexity index is 393. The zero-order chi connectivity index (χ0) is 11.7. The van der Waals surface area contributed by atoms with Gasteiger partial charge < -0.3 is 10.2 Å². The van der Waals surface area contributed by atoms with Crippen LogP contribution in [0.3, 0.4) is 0 Å². The molecule has 2 rings (SSSR count). The Morgan fingerprint density at radius 1 is 1.75 bits per heavy atom. The molecule has 88 valence electrons. The van der Waals surface area contributed by atoms with Crippen LogP contribution in [-0.2, 0) is 11.3 Å². The van der Waals surface area contributed by atoms with Gasteiger partial charge in [0.2, 0.25) is 0 Å². The number of thiazole rings is 1. The molecule has 0 amide bonds. The highest BCUT2D eigenvalue weighted by Crippen LogP contribution is 2.22. The third kappa shape index (κ3) is 2.40. The normalized spacial score (nSPS) is 26.1. The van der Waals surface area contributed by atoms with E-state index in [0.29, 0.717) is 19.5 Å². The molecule has 6 heteroatoms. The molecule has 0 aliphatic carbocycles. The second-order valence-electron chi connectivity index (χ2n) is 4.06. The Balaban J connectivity index is 2.05. The number of aliphatic hydroxyl groups is 1. The molecule has 1 aliphatic heterocycles. The summed E-state index contributed by atoms with van der Waals surface area (Å²) in [4.78, 5) is 17.0. The highest BCUT2D eigenvalue weighted by molar-refractivity contribution is 7.09. The van der Waals surface area contributed by atoms with E-state index in [4.69, 9.17) is 5.11 Å². The van der Waals surface area contributed by atoms with Gasteiger partial charge in [0.05, 0.1) is 12.6 Å². The smallest absolute Gasteiger partial charge is 0.321 e. The molecule has 0 spiro atoms. The molecule has 2 heterocycles. The van der Waals surface area contributed by atoms with E-state index < -0.39 is 18.1 Å². The van der Waals surface area contributed by atoms with Crippen LogP contribution in [0.4, 0.5) is 0 Å². The molecule has 0 aromatic carbocycles. The van der Waals surface area contributed by atoms with Crippen molar-refractivity contribution in [1.29, 1.82) is 0 Å². The van der Waals surface area contributed by atoms with Gasteiger partial charge in [0.15, 0.2) is 0 Å². The number of likely N-dealkylation sites (tertiary alicyclic amines) is 1. The van der Waals surface area contributed by atoms with Crippen LogP contribution < -0.4 is 0 Å². The van der Waals surface area contributed by atoms with Crippen molar-refractivity contribution >= 4 is 17.3 Å². The average Bonchev–Trinajstić information content (AvgIpc) is 2.74. The molecule has 16 heavy (non-hydrogen) atoms. The summed E-state index contributed by atoms with van der Waals surface area (Å²) in [6, 6.07) is -0.584. The first-order valence-electron chi connectivity index (χ1n) is 5.12. The van der Waals surface area contributed by atoms with Crippen LogP contribution in [0.5, 0.6) is 0 Å². The van der Waals surface area contributed by atoms with Gasteiger partial charge in [0.25, 0.3) is 0 Å². The predicted molar refractivity (Wildman–Crippen MR) is 59.3 cm³/mol. The van der Waals surface area contributed by atoms with Crippen LogP contribution in [0.1, 0.15) is 17.1 Å². The van der Waals surface area contributed by atoms with Gasteiger partial charge >= 0.3 is 5.97 Å². The lowest BCUT2D eigenvalue weighted by atomic mass is 10.2. The molecule has 1 aliphatic rings. The number of hydrogen-bond acceptors (Lipinski definition) is 5. The van der Waals surface area contributed by atoms with Gasteiger partial charge in [-0.15, -0.1) is 11.3 Å². The maximum Gasteiger partial charge on any atom is 0.321 e. The Morgan fingerprint density at radius 2 is 2.50 bits per heavy atom. The number of hydrogen-bond donors (Lipinski definition) is 2. The lowest BCUT2D eigenvalue weighted by Gasteiger charge is -2.18. The summed E-state index contributed by atoms with van der Waals surface area (Å²) in [5.41, 5.74) is 0.951. The third-order valence-electron chi connectivity index (χ3n) is 2.67. The Kier molecular flexibility index (Phi) is 3.22. The molecule has 1 aromatic rings. The predicted octanol–water partition coefficient (Wildman–Crippen LogP) is 0.471. The summed E-state index contributed by atoms with van der Waals surface area (Å²) >= 11 is 1.52. The highest BCUT2D eigenvalue weighted by atomic mass is 32.1. The second kappa shape index (κ2) is 4.48.